The number of morpholine rings is 1. The van der Waals surface area contributed by atoms with Gasteiger partial charge in [0.25, 0.3) is 0 Å². The van der Waals surface area contributed by atoms with Crippen molar-refractivity contribution in [3.8, 4) is 0 Å². The molecule has 6 heteroatoms. The third-order valence-electron chi connectivity index (χ3n) is 5.54. The quantitative estimate of drug-likeness (QED) is 0.577. The zero-order valence-electron chi connectivity index (χ0n) is 15.9. The van der Waals surface area contributed by atoms with Crippen molar-refractivity contribution in [3.05, 3.63) is 72.1 Å². The second-order valence-corrected chi connectivity index (χ2v) is 7.28. The second kappa shape index (κ2) is 7.22. The number of benzene rings is 3. The summed E-state index contributed by atoms with van der Waals surface area (Å²) in [5, 5.41) is 12.1. The summed E-state index contributed by atoms with van der Waals surface area (Å²) in [5.74, 6) is -0.958. The number of rotatable bonds is 4. The number of fused-ring (bicyclic) bond motifs is 2. The van der Waals surface area contributed by atoms with Crippen molar-refractivity contribution in [2.24, 2.45) is 0 Å². The Morgan fingerprint density at radius 2 is 1.86 bits per heavy atom. The van der Waals surface area contributed by atoms with E-state index in [0.29, 0.717) is 25.3 Å². The van der Waals surface area contributed by atoms with E-state index >= 15 is 0 Å². The predicted octanol–water partition coefficient (Wildman–Crippen LogP) is 3.77. The zero-order chi connectivity index (χ0) is 19.8. The Hall–Kier alpha value is -3.38. The van der Waals surface area contributed by atoms with E-state index in [0.717, 1.165) is 24.3 Å². The summed E-state index contributed by atoms with van der Waals surface area (Å²) < 4.78 is 7.47. The molecule has 0 saturated carbocycles. The molecule has 1 fully saturated rings. The molecule has 2 heterocycles. The van der Waals surface area contributed by atoms with Crippen molar-refractivity contribution in [1.29, 1.82) is 0 Å². The maximum atomic E-state index is 11.9. The van der Waals surface area contributed by atoms with Crippen LogP contribution >= 0.6 is 0 Å². The Balaban J connectivity index is 1.62. The van der Waals surface area contributed by atoms with Gasteiger partial charge in [0.1, 0.15) is 5.52 Å². The molecule has 0 amide bonds. The standard InChI is InChI=1S/C23H21N3O3/c27-23(28)20-12-18(25-8-10-29-11-9-25)13-21-22(20)24-15-26(21)14-17-6-3-5-16-4-1-2-7-19(16)17/h1-7,12-13,15H,8-11,14H2,(H,27,28). The largest absolute Gasteiger partial charge is 0.478 e. The van der Waals surface area contributed by atoms with Gasteiger partial charge < -0.3 is 19.3 Å². The number of aromatic carboxylic acids is 1. The number of hydrogen-bond acceptors (Lipinski definition) is 4. The first kappa shape index (κ1) is 17.7. The molecule has 1 aliphatic rings. The van der Waals surface area contributed by atoms with Crippen LogP contribution in [0.25, 0.3) is 21.8 Å². The first-order chi connectivity index (χ1) is 14.2. The van der Waals surface area contributed by atoms with Crippen molar-refractivity contribution in [2.45, 2.75) is 6.54 Å². The van der Waals surface area contributed by atoms with Crippen molar-refractivity contribution in [3.63, 3.8) is 0 Å². The van der Waals surface area contributed by atoms with Gasteiger partial charge >= 0.3 is 5.97 Å². The van der Waals surface area contributed by atoms with Crippen LogP contribution in [0.1, 0.15) is 15.9 Å². The molecular weight excluding hydrogens is 366 g/mol. The number of hydrogen-bond donors (Lipinski definition) is 1. The third kappa shape index (κ3) is 3.21. The summed E-state index contributed by atoms with van der Waals surface area (Å²) in [6, 6.07) is 18.3. The van der Waals surface area contributed by atoms with Crippen molar-refractivity contribution >= 4 is 33.5 Å². The van der Waals surface area contributed by atoms with Gasteiger partial charge in [0.05, 0.1) is 30.6 Å². The lowest BCUT2D eigenvalue weighted by atomic mass is 10.0. The van der Waals surface area contributed by atoms with Gasteiger partial charge in [0.2, 0.25) is 0 Å². The summed E-state index contributed by atoms with van der Waals surface area (Å²) in [5.41, 5.74) is 3.67. The molecule has 0 unspecified atom stereocenters. The molecule has 6 nitrogen and oxygen atoms in total. The number of imidazole rings is 1. The smallest absolute Gasteiger partial charge is 0.338 e. The number of ether oxygens (including phenoxy) is 1. The summed E-state index contributed by atoms with van der Waals surface area (Å²) in [7, 11) is 0. The zero-order valence-corrected chi connectivity index (χ0v) is 15.9. The Morgan fingerprint density at radius 1 is 1.07 bits per heavy atom. The van der Waals surface area contributed by atoms with Crippen LogP contribution in [0, 0.1) is 0 Å². The van der Waals surface area contributed by atoms with E-state index in [-0.39, 0.29) is 5.56 Å². The van der Waals surface area contributed by atoms with Gasteiger partial charge in [-0.2, -0.15) is 0 Å². The van der Waals surface area contributed by atoms with Crippen LogP contribution in [0.5, 0.6) is 0 Å². The fourth-order valence-electron chi connectivity index (χ4n) is 4.06. The van der Waals surface area contributed by atoms with Gasteiger partial charge in [-0.25, -0.2) is 9.78 Å². The molecule has 1 saturated heterocycles. The molecule has 0 bridgehead atoms. The van der Waals surface area contributed by atoms with E-state index in [4.69, 9.17) is 4.74 Å². The topological polar surface area (TPSA) is 67.6 Å². The average molecular weight is 387 g/mol. The molecule has 1 aliphatic heterocycles. The van der Waals surface area contributed by atoms with Gasteiger partial charge in [0.15, 0.2) is 0 Å². The molecule has 1 aromatic heterocycles. The first-order valence-electron chi connectivity index (χ1n) is 9.72. The molecule has 29 heavy (non-hydrogen) atoms. The molecule has 146 valence electrons. The Bertz CT molecular complexity index is 1200. The molecule has 4 aromatic rings. The van der Waals surface area contributed by atoms with Crippen LogP contribution in [0.2, 0.25) is 0 Å². The molecule has 0 radical (unpaired) electrons. The van der Waals surface area contributed by atoms with Gasteiger partial charge in [-0.05, 0) is 28.5 Å². The minimum atomic E-state index is -0.958. The van der Waals surface area contributed by atoms with E-state index in [1.54, 1.807) is 12.4 Å². The summed E-state index contributed by atoms with van der Waals surface area (Å²) >= 11 is 0. The minimum Gasteiger partial charge on any atom is -0.478 e. The normalized spacial score (nSPS) is 14.6. The molecular formula is C23H21N3O3. The van der Waals surface area contributed by atoms with E-state index < -0.39 is 5.97 Å². The van der Waals surface area contributed by atoms with Gasteiger partial charge in [-0.3, -0.25) is 0 Å². The highest BCUT2D eigenvalue weighted by molar-refractivity contribution is 6.03. The summed E-state index contributed by atoms with van der Waals surface area (Å²) in [6.45, 7) is 3.43. The summed E-state index contributed by atoms with van der Waals surface area (Å²) in [4.78, 5) is 18.5. The highest BCUT2D eigenvalue weighted by Crippen LogP contribution is 2.28. The molecule has 0 atom stereocenters. The highest BCUT2D eigenvalue weighted by Gasteiger charge is 2.19. The van der Waals surface area contributed by atoms with Crippen molar-refractivity contribution in [1.82, 2.24) is 9.55 Å². The second-order valence-electron chi connectivity index (χ2n) is 7.28. The van der Waals surface area contributed by atoms with Crippen LogP contribution in [-0.2, 0) is 11.3 Å². The van der Waals surface area contributed by atoms with Crippen molar-refractivity contribution in [2.75, 3.05) is 31.2 Å². The molecule has 1 N–H and O–H groups in total. The third-order valence-corrected chi connectivity index (χ3v) is 5.54. The maximum absolute atomic E-state index is 11.9. The van der Waals surface area contributed by atoms with E-state index in [1.807, 2.05) is 22.8 Å². The number of anilines is 1. The van der Waals surface area contributed by atoms with Crippen LogP contribution in [-0.4, -0.2) is 46.9 Å². The van der Waals surface area contributed by atoms with Gasteiger partial charge in [-0.15, -0.1) is 0 Å². The fraction of sp³-hybridized carbons (Fsp3) is 0.217. The lowest BCUT2D eigenvalue weighted by molar-refractivity contribution is 0.0699. The molecule has 0 aliphatic carbocycles. The SMILES string of the molecule is O=C(O)c1cc(N2CCOCC2)cc2c1ncn2Cc1cccc2ccccc12. The lowest BCUT2D eigenvalue weighted by Crippen LogP contribution is -2.36. The maximum Gasteiger partial charge on any atom is 0.338 e. The average Bonchev–Trinajstić information content (AvgIpc) is 3.16. The molecule has 0 spiro atoms. The number of carboxylic acids is 1. The molecule has 3 aromatic carbocycles. The number of nitrogens with zero attached hydrogens (tertiary/aromatic N) is 3. The highest BCUT2D eigenvalue weighted by atomic mass is 16.5. The minimum absolute atomic E-state index is 0.237. The Labute approximate surface area is 168 Å². The van der Waals surface area contributed by atoms with Gasteiger partial charge in [0, 0.05) is 25.3 Å². The predicted molar refractivity (Wildman–Crippen MR) is 113 cm³/mol. The molecule has 5 rings (SSSR count). The number of carbonyl (C=O) groups is 1. The van der Waals surface area contributed by atoms with Crippen LogP contribution in [0.15, 0.2) is 60.9 Å². The number of carboxylic acid groups (broad SMARTS) is 1. The van der Waals surface area contributed by atoms with Crippen LogP contribution < -0.4 is 4.90 Å². The van der Waals surface area contributed by atoms with Crippen LogP contribution in [0.3, 0.4) is 0 Å². The van der Waals surface area contributed by atoms with E-state index in [9.17, 15) is 9.90 Å². The monoisotopic (exact) mass is 387 g/mol. The first-order valence-corrected chi connectivity index (χ1v) is 9.72. The van der Waals surface area contributed by atoms with E-state index in [1.165, 1.54) is 16.3 Å². The van der Waals surface area contributed by atoms with E-state index in [2.05, 4.69) is 40.2 Å². The lowest BCUT2D eigenvalue weighted by Gasteiger charge is -2.29. The van der Waals surface area contributed by atoms with Crippen molar-refractivity contribution < 1.29 is 14.6 Å². The fourth-order valence-corrected chi connectivity index (χ4v) is 4.06. The van der Waals surface area contributed by atoms with Crippen LogP contribution in [0.4, 0.5) is 5.69 Å². The Kier molecular flexibility index (Phi) is 4.41. The summed E-state index contributed by atoms with van der Waals surface area (Å²) in [6.07, 6.45) is 1.74. The Morgan fingerprint density at radius 3 is 2.69 bits per heavy atom. The number of aromatic nitrogens is 2. The van der Waals surface area contributed by atoms with Gasteiger partial charge in [-0.1, -0.05) is 42.5 Å².